The molecule has 0 fully saturated rings. The van der Waals surface area contributed by atoms with E-state index in [4.69, 9.17) is 15.8 Å². The van der Waals surface area contributed by atoms with E-state index in [1.54, 1.807) is 20.8 Å². The second-order valence-electron chi connectivity index (χ2n) is 5.35. The van der Waals surface area contributed by atoms with Gasteiger partial charge in [0.15, 0.2) is 15.6 Å². The number of carbonyl (C=O) groups is 1. The van der Waals surface area contributed by atoms with Crippen molar-refractivity contribution in [2.75, 3.05) is 5.75 Å². The summed E-state index contributed by atoms with van der Waals surface area (Å²) >= 11 is 0. The molecule has 0 radical (unpaired) electrons. The number of rotatable bonds is 5. The van der Waals surface area contributed by atoms with E-state index in [9.17, 15) is 13.2 Å². The van der Waals surface area contributed by atoms with E-state index in [1.807, 2.05) is 0 Å². The van der Waals surface area contributed by atoms with Crippen molar-refractivity contribution in [1.29, 1.82) is 0 Å². The lowest BCUT2D eigenvalue weighted by atomic mass is 10.2. The zero-order valence-electron chi connectivity index (χ0n) is 12.7. The third-order valence-electron chi connectivity index (χ3n) is 2.32. The predicted molar refractivity (Wildman–Crippen MR) is 82.0 cm³/mol. The Bertz CT molecular complexity index is 778. The summed E-state index contributed by atoms with van der Waals surface area (Å²) in [4.78, 5) is 16.3. The highest BCUT2D eigenvalue weighted by Gasteiger charge is 2.28. The van der Waals surface area contributed by atoms with Crippen LogP contribution in [0.25, 0.3) is 20.9 Å². The average molecular weight is 338 g/mol. The third-order valence-corrected chi connectivity index (χ3v) is 3.97. The Morgan fingerprint density at radius 3 is 2.04 bits per heavy atom. The molecule has 0 N–H and O–H groups in total. The Hall–Kier alpha value is -2.74. The van der Waals surface area contributed by atoms with Crippen molar-refractivity contribution in [3.63, 3.8) is 0 Å². The monoisotopic (exact) mass is 338 g/mol. The van der Waals surface area contributed by atoms with Gasteiger partial charge in [0.1, 0.15) is 5.60 Å². The van der Waals surface area contributed by atoms with Crippen LogP contribution in [0.5, 0.6) is 0 Å². The van der Waals surface area contributed by atoms with Crippen LogP contribution in [0.4, 0.5) is 11.4 Å². The van der Waals surface area contributed by atoms with Crippen molar-refractivity contribution in [3.05, 3.63) is 39.1 Å². The smallest absolute Gasteiger partial charge is 0.322 e. The Balaban J connectivity index is 3.39. The van der Waals surface area contributed by atoms with Gasteiger partial charge in [-0.2, -0.15) is 0 Å². The maximum atomic E-state index is 12.5. The molecule has 1 rings (SSSR count). The van der Waals surface area contributed by atoms with Crippen molar-refractivity contribution in [2.45, 2.75) is 31.3 Å². The molecule has 23 heavy (non-hydrogen) atoms. The van der Waals surface area contributed by atoms with E-state index >= 15 is 0 Å². The first-order valence-corrected chi connectivity index (χ1v) is 7.94. The van der Waals surface area contributed by atoms with Crippen LogP contribution >= 0.6 is 0 Å². The van der Waals surface area contributed by atoms with E-state index in [1.165, 1.54) is 18.2 Å². The van der Waals surface area contributed by atoms with Crippen molar-refractivity contribution < 1.29 is 17.9 Å². The van der Waals surface area contributed by atoms with Gasteiger partial charge >= 0.3 is 5.97 Å². The fourth-order valence-electron chi connectivity index (χ4n) is 1.68. The minimum absolute atomic E-state index is 0.263. The van der Waals surface area contributed by atoms with Gasteiger partial charge < -0.3 is 4.74 Å². The molecule has 122 valence electrons. The summed E-state index contributed by atoms with van der Waals surface area (Å²) in [6.07, 6.45) is 0. The van der Waals surface area contributed by atoms with Crippen LogP contribution < -0.4 is 0 Å². The molecule has 0 spiro atoms. The first-order chi connectivity index (χ1) is 10.6. The molecule has 0 aliphatic carbocycles. The third kappa shape index (κ3) is 5.19. The fourth-order valence-corrected chi connectivity index (χ4v) is 3.05. The summed E-state index contributed by atoms with van der Waals surface area (Å²) < 4.78 is 29.9. The van der Waals surface area contributed by atoms with Crippen molar-refractivity contribution in [3.8, 4) is 0 Å². The van der Waals surface area contributed by atoms with Gasteiger partial charge in [0.25, 0.3) is 0 Å². The highest BCUT2D eigenvalue weighted by Crippen LogP contribution is 2.35. The molecule has 0 heterocycles. The molecular weight excluding hydrogens is 324 g/mol. The van der Waals surface area contributed by atoms with Gasteiger partial charge in [-0.05, 0) is 31.8 Å². The van der Waals surface area contributed by atoms with Crippen molar-refractivity contribution in [1.82, 2.24) is 0 Å². The van der Waals surface area contributed by atoms with Crippen molar-refractivity contribution >= 4 is 27.2 Å². The lowest BCUT2D eigenvalue weighted by Crippen LogP contribution is -2.28. The zero-order valence-corrected chi connectivity index (χ0v) is 13.5. The topological polar surface area (TPSA) is 158 Å². The van der Waals surface area contributed by atoms with Gasteiger partial charge in [-0.25, -0.2) is 8.42 Å². The normalized spacial score (nSPS) is 11.1. The van der Waals surface area contributed by atoms with E-state index < -0.39 is 32.1 Å². The summed E-state index contributed by atoms with van der Waals surface area (Å²) in [7, 11) is -4.24. The first-order valence-electron chi connectivity index (χ1n) is 6.28. The second kappa shape index (κ2) is 7.01. The molecular formula is C12H14N6O4S. The quantitative estimate of drug-likeness (QED) is 0.347. The standard InChI is InChI=1S/C12H14N6O4S/c1-12(2,3)22-10(19)7-23(20,21)11-8(15-17-13)5-4-6-9(11)16-18-14/h4-6H,7H2,1-3H3. The molecule has 1 aromatic rings. The Kier molecular flexibility index (Phi) is 5.58. The van der Waals surface area contributed by atoms with E-state index in [-0.39, 0.29) is 11.4 Å². The molecule has 0 saturated heterocycles. The Morgan fingerprint density at radius 2 is 1.65 bits per heavy atom. The summed E-state index contributed by atoms with van der Waals surface area (Å²) in [5.74, 6) is -1.95. The minimum Gasteiger partial charge on any atom is -0.459 e. The first kappa shape index (κ1) is 18.3. The Morgan fingerprint density at radius 1 is 1.17 bits per heavy atom. The number of ether oxygens (including phenoxy) is 1. The summed E-state index contributed by atoms with van der Waals surface area (Å²) in [5, 5.41) is 6.53. The number of sulfone groups is 1. The second-order valence-corrected chi connectivity index (χ2v) is 7.28. The number of carbonyl (C=O) groups excluding carboxylic acids is 1. The van der Waals surface area contributed by atoms with Gasteiger partial charge in [0.05, 0.1) is 16.3 Å². The molecule has 0 aliphatic rings. The number of azide groups is 2. The summed E-state index contributed by atoms with van der Waals surface area (Å²) in [6, 6.07) is 3.83. The highest BCUT2D eigenvalue weighted by atomic mass is 32.2. The molecule has 10 nitrogen and oxygen atoms in total. The average Bonchev–Trinajstić information content (AvgIpc) is 2.36. The molecule has 0 aromatic heterocycles. The number of nitrogens with zero attached hydrogens (tertiary/aromatic N) is 6. The lowest BCUT2D eigenvalue weighted by Gasteiger charge is -2.19. The molecule has 0 bridgehead atoms. The molecule has 0 atom stereocenters. The van der Waals surface area contributed by atoms with Crippen molar-refractivity contribution in [2.24, 2.45) is 10.2 Å². The number of esters is 1. The minimum atomic E-state index is -4.24. The Labute approximate surface area is 132 Å². The summed E-state index contributed by atoms with van der Waals surface area (Å²) in [6.45, 7) is 4.78. The maximum Gasteiger partial charge on any atom is 0.322 e. The molecule has 0 unspecified atom stereocenters. The SMILES string of the molecule is CC(C)(C)OC(=O)CS(=O)(=O)c1c(N=[N+]=[N-])cccc1N=[N+]=[N-]. The number of hydrogen-bond acceptors (Lipinski definition) is 6. The predicted octanol–water partition coefficient (Wildman–Crippen LogP) is 3.69. The van der Waals surface area contributed by atoms with Crippen LogP contribution in [0.3, 0.4) is 0 Å². The van der Waals surface area contributed by atoms with E-state index in [0.717, 1.165) is 0 Å². The van der Waals surface area contributed by atoms with Gasteiger partial charge in [0.2, 0.25) is 0 Å². The van der Waals surface area contributed by atoms with Crippen LogP contribution in [0, 0.1) is 0 Å². The van der Waals surface area contributed by atoms with Gasteiger partial charge in [0, 0.05) is 9.82 Å². The molecule has 0 saturated carbocycles. The lowest BCUT2D eigenvalue weighted by molar-refractivity contribution is -0.151. The van der Waals surface area contributed by atoms with E-state index in [0.29, 0.717) is 0 Å². The molecule has 1 aromatic carbocycles. The maximum absolute atomic E-state index is 12.5. The summed E-state index contributed by atoms with van der Waals surface area (Å²) in [5.41, 5.74) is 15.7. The molecule has 0 aliphatic heterocycles. The van der Waals surface area contributed by atoms with E-state index in [2.05, 4.69) is 20.1 Å². The highest BCUT2D eigenvalue weighted by molar-refractivity contribution is 7.92. The molecule has 0 amide bonds. The number of benzene rings is 1. The van der Waals surface area contributed by atoms with Crippen LogP contribution in [0.1, 0.15) is 20.8 Å². The van der Waals surface area contributed by atoms with Crippen LogP contribution in [-0.2, 0) is 19.4 Å². The zero-order chi connectivity index (χ0) is 17.7. The van der Waals surface area contributed by atoms with Crippen LogP contribution in [-0.4, -0.2) is 25.7 Å². The van der Waals surface area contributed by atoms with Gasteiger partial charge in [-0.15, -0.1) is 0 Å². The van der Waals surface area contributed by atoms with Gasteiger partial charge in [-0.3, -0.25) is 4.79 Å². The fraction of sp³-hybridized carbons (Fsp3) is 0.417. The molecule has 11 heteroatoms. The van der Waals surface area contributed by atoms with Crippen LogP contribution in [0.15, 0.2) is 33.3 Å². The largest absolute Gasteiger partial charge is 0.459 e. The number of hydrogen-bond donors (Lipinski definition) is 0. The van der Waals surface area contributed by atoms with Gasteiger partial charge in [-0.1, -0.05) is 28.4 Å². The van der Waals surface area contributed by atoms with Crippen LogP contribution in [0.2, 0.25) is 0 Å².